The van der Waals surface area contributed by atoms with Crippen LogP contribution in [0.3, 0.4) is 0 Å². The summed E-state index contributed by atoms with van der Waals surface area (Å²) in [5.41, 5.74) is 11.3. The molecular formula is C12H26N4O12P4Pt-6. The van der Waals surface area contributed by atoms with Gasteiger partial charge < -0.3 is 68.9 Å². The molecule has 1 saturated carbocycles. The van der Waals surface area contributed by atoms with Gasteiger partial charge in [0.2, 0.25) is 0 Å². The molecule has 0 saturated heterocycles. The van der Waals surface area contributed by atoms with E-state index in [-0.39, 0.29) is 33.1 Å². The maximum atomic E-state index is 10.7. The Hall–Kier alpha value is 1.13. The monoisotopic (exact) mass is 737 g/mol. The zero-order valence-electron chi connectivity index (χ0n) is 17.3. The van der Waals surface area contributed by atoms with Crippen molar-refractivity contribution in [3.05, 3.63) is 0 Å². The van der Waals surface area contributed by atoms with Crippen molar-refractivity contribution in [3.8, 4) is 0 Å². The van der Waals surface area contributed by atoms with Gasteiger partial charge in [-0.05, 0) is 12.8 Å². The molecular weight excluding hydrogens is 711 g/mol. The third-order valence-corrected chi connectivity index (χ3v) is 7.09. The molecule has 0 spiro atoms. The molecule has 0 aromatic heterocycles. The van der Waals surface area contributed by atoms with Gasteiger partial charge in [0.05, 0.1) is 0 Å². The Labute approximate surface area is 206 Å². The van der Waals surface area contributed by atoms with Crippen LogP contribution in [0.5, 0.6) is 0 Å². The quantitative estimate of drug-likeness (QED) is 0.186. The Morgan fingerprint density at radius 3 is 0.939 bits per heavy atom. The Bertz CT molecular complexity index is 645. The van der Waals surface area contributed by atoms with Crippen LogP contribution < -0.4 is 50.6 Å². The van der Waals surface area contributed by atoms with Crippen LogP contribution in [0.1, 0.15) is 25.7 Å². The van der Waals surface area contributed by atoms with Crippen molar-refractivity contribution in [1.82, 2.24) is 9.80 Å². The predicted molar refractivity (Wildman–Crippen MR) is 97.7 cm³/mol. The fourth-order valence-corrected chi connectivity index (χ4v) is 6.06. The van der Waals surface area contributed by atoms with Crippen LogP contribution in [-0.4, -0.2) is 60.1 Å². The third-order valence-electron chi connectivity index (χ3n) is 4.10. The van der Waals surface area contributed by atoms with Crippen LogP contribution in [-0.2, 0) is 39.3 Å². The Morgan fingerprint density at radius 1 is 0.576 bits per heavy atom. The summed E-state index contributed by atoms with van der Waals surface area (Å²) in [6.07, 6.45) is -0.837. The number of hydrogen-bond donors (Lipinski definition) is 2. The van der Waals surface area contributed by atoms with Gasteiger partial charge in [-0.3, -0.25) is 9.80 Å². The van der Waals surface area contributed by atoms with E-state index in [1.165, 1.54) is 12.8 Å². The van der Waals surface area contributed by atoms with Gasteiger partial charge in [0, 0.05) is 50.3 Å². The Morgan fingerprint density at radius 2 is 0.788 bits per heavy atom. The SMILES string of the molecule is N[C@@H]1CCCC[C@@H]1N.O=P([O-])([O-])CN(CCN(CP(=O)([O-])[O-])CP(=O)([O-])[O-])CP(=O)([O-])[O-].[Pt+2]. The van der Waals surface area contributed by atoms with Crippen molar-refractivity contribution in [2.75, 3.05) is 38.2 Å². The number of rotatable bonds is 11. The largest absolute Gasteiger partial charge is 2.00 e. The first-order valence-corrected chi connectivity index (χ1v) is 16.1. The van der Waals surface area contributed by atoms with Crippen molar-refractivity contribution in [3.63, 3.8) is 0 Å². The van der Waals surface area contributed by atoms with E-state index in [1.54, 1.807) is 0 Å². The molecule has 1 aliphatic rings. The molecule has 0 heterocycles. The molecule has 1 aliphatic carbocycles. The minimum Gasteiger partial charge on any atom is -0.810 e. The van der Waals surface area contributed by atoms with Crippen LogP contribution in [0, 0.1) is 0 Å². The second-order valence-electron chi connectivity index (χ2n) is 7.41. The summed E-state index contributed by atoms with van der Waals surface area (Å²) in [6, 6.07) is 0.562. The van der Waals surface area contributed by atoms with E-state index in [1.807, 2.05) is 0 Å². The molecule has 33 heavy (non-hydrogen) atoms. The minimum absolute atomic E-state index is 0. The van der Waals surface area contributed by atoms with Crippen molar-refractivity contribution in [2.45, 2.75) is 37.8 Å². The number of nitrogens with zero attached hydrogens (tertiary/aromatic N) is 2. The van der Waals surface area contributed by atoms with Crippen LogP contribution in [0.25, 0.3) is 0 Å². The van der Waals surface area contributed by atoms with Crippen LogP contribution in [0.15, 0.2) is 0 Å². The Kier molecular flexibility index (Phi) is 16.9. The number of hydrogen-bond acceptors (Lipinski definition) is 16. The van der Waals surface area contributed by atoms with E-state index in [9.17, 15) is 57.4 Å². The maximum Gasteiger partial charge on any atom is 2.00 e. The summed E-state index contributed by atoms with van der Waals surface area (Å²) >= 11 is 0. The Balaban J connectivity index is 0. The summed E-state index contributed by atoms with van der Waals surface area (Å²) in [5, 5.41) is 0. The van der Waals surface area contributed by atoms with Crippen molar-refractivity contribution in [1.29, 1.82) is 0 Å². The van der Waals surface area contributed by atoms with Crippen molar-refractivity contribution in [2.24, 2.45) is 11.5 Å². The van der Waals surface area contributed by atoms with E-state index in [2.05, 4.69) is 0 Å². The first-order chi connectivity index (χ1) is 14.2. The molecule has 0 bridgehead atoms. The van der Waals surface area contributed by atoms with Crippen LogP contribution >= 0.6 is 30.4 Å². The molecule has 2 atom stereocenters. The van der Waals surface area contributed by atoms with E-state index < -0.39 is 68.6 Å². The molecule has 0 aromatic carbocycles. The normalized spacial score (nSPS) is 20.2. The molecule has 4 N–H and O–H groups in total. The molecule has 16 nitrogen and oxygen atoms in total. The van der Waals surface area contributed by atoms with Crippen molar-refractivity contribution >= 4 is 30.4 Å². The zero-order valence-corrected chi connectivity index (χ0v) is 23.1. The predicted octanol–water partition coefficient (Wildman–Crippen LogP) is -6.71. The van der Waals surface area contributed by atoms with Gasteiger partial charge in [-0.15, -0.1) is 0 Å². The molecule has 0 aromatic rings. The fraction of sp³-hybridized carbons (Fsp3) is 1.00. The first-order valence-electron chi connectivity index (χ1n) is 9.17. The molecule has 0 radical (unpaired) electrons. The van der Waals surface area contributed by atoms with Crippen molar-refractivity contribution < 1.29 is 78.5 Å². The van der Waals surface area contributed by atoms with Gasteiger partial charge in [-0.1, -0.05) is 43.2 Å². The topological polar surface area (TPSA) is 311 Å². The third kappa shape index (κ3) is 23.3. The molecule has 202 valence electrons. The second kappa shape index (κ2) is 15.4. The summed E-state index contributed by atoms with van der Waals surface area (Å²) in [7, 11) is -21.2. The van der Waals surface area contributed by atoms with Gasteiger partial charge in [-0.2, -0.15) is 0 Å². The summed E-state index contributed by atoms with van der Waals surface area (Å²) in [4.78, 5) is 85.9. The smallest absolute Gasteiger partial charge is 0.810 e. The summed E-state index contributed by atoms with van der Waals surface area (Å²) in [6.45, 7) is -1.55. The molecule has 0 aliphatic heterocycles. The molecule has 0 amide bonds. The van der Waals surface area contributed by atoms with Gasteiger partial charge in [-0.25, -0.2) is 0 Å². The van der Waals surface area contributed by atoms with E-state index in [0.29, 0.717) is 9.80 Å². The van der Waals surface area contributed by atoms with Gasteiger partial charge in [0.25, 0.3) is 0 Å². The van der Waals surface area contributed by atoms with Gasteiger partial charge in [0.1, 0.15) is 0 Å². The van der Waals surface area contributed by atoms with Gasteiger partial charge in [0.15, 0.2) is 0 Å². The van der Waals surface area contributed by atoms with Gasteiger partial charge >= 0.3 is 21.1 Å². The molecule has 21 heteroatoms. The summed E-state index contributed by atoms with van der Waals surface area (Å²) in [5.74, 6) is 0. The molecule has 0 unspecified atom stereocenters. The summed E-state index contributed by atoms with van der Waals surface area (Å²) < 4.78 is 42.7. The fourth-order valence-electron chi connectivity index (χ4n) is 2.82. The minimum atomic E-state index is -5.30. The molecule has 1 rings (SSSR count). The van der Waals surface area contributed by atoms with Crippen LogP contribution in [0.4, 0.5) is 0 Å². The average molecular weight is 737 g/mol. The van der Waals surface area contributed by atoms with E-state index in [0.717, 1.165) is 12.8 Å². The number of nitrogens with two attached hydrogens (primary N) is 2. The van der Waals surface area contributed by atoms with Crippen LogP contribution in [0.2, 0.25) is 0 Å². The zero-order chi connectivity index (χ0) is 25.4. The molecule has 1 fully saturated rings. The average Bonchev–Trinajstić information content (AvgIpc) is 2.50. The second-order valence-corrected chi connectivity index (χ2v) is 13.4. The standard InChI is InChI=1S/C6H20N2O12P4.C6H14N2.Pt/c9-21(10,11)3-7(4-22(12,13)14)1-2-8(5-23(15,16)17)6-24(18,19)20;7-5-3-1-2-4-6(5)8;/h1-6H2,(H2,9,10,11)(H2,12,13,14)(H2,15,16,17)(H2,18,19,20);5-6H,1-4,7-8H2;/q;;+2/p-8/t;5-,6+;. The maximum absolute atomic E-state index is 10.7. The first kappa shape index (κ1) is 36.3. The van der Waals surface area contributed by atoms with E-state index >= 15 is 0 Å². The van der Waals surface area contributed by atoms with E-state index in [4.69, 9.17) is 11.5 Å².